The largest absolute Gasteiger partial charge is 0.463 e. The Morgan fingerprint density at radius 1 is 1.21 bits per heavy atom. The molecule has 5 nitrogen and oxygen atoms in total. The molecule has 124 valence electrons. The first-order valence-corrected chi connectivity index (χ1v) is 8.01. The molecule has 0 aliphatic carbocycles. The molecular weight excluding hydrogens is 302 g/mol. The van der Waals surface area contributed by atoms with E-state index in [0.29, 0.717) is 29.6 Å². The predicted molar refractivity (Wildman–Crippen MR) is 93.1 cm³/mol. The topological polar surface area (TPSA) is 51.3 Å². The summed E-state index contributed by atoms with van der Waals surface area (Å²) in [6, 6.07) is 15.1. The summed E-state index contributed by atoms with van der Waals surface area (Å²) in [6.45, 7) is 4.87. The Morgan fingerprint density at radius 3 is 2.58 bits per heavy atom. The Labute approximate surface area is 141 Å². The van der Waals surface area contributed by atoms with Gasteiger partial charge in [-0.15, -0.1) is 0 Å². The number of furan rings is 1. The molecule has 2 heterocycles. The summed E-state index contributed by atoms with van der Waals surface area (Å²) in [6.07, 6.45) is 1.60. The zero-order valence-electron chi connectivity index (χ0n) is 14.1. The lowest BCUT2D eigenvalue weighted by atomic mass is 10.2. The summed E-state index contributed by atoms with van der Waals surface area (Å²) < 4.78 is 7.11. The second-order valence-corrected chi connectivity index (χ2v) is 6.22. The average Bonchev–Trinajstić information content (AvgIpc) is 3.23. The second-order valence-electron chi connectivity index (χ2n) is 6.22. The Bertz CT molecular complexity index is 805. The summed E-state index contributed by atoms with van der Waals surface area (Å²) in [4.78, 5) is 14.6. The molecule has 0 N–H and O–H groups in total. The lowest BCUT2D eigenvalue weighted by molar-refractivity contribution is 0.0770. The summed E-state index contributed by atoms with van der Waals surface area (Å²) >= 11 is 0. The first-order chi connectivity index (χ1) is 11.6. The Balaban J connectivity index is 2.05. The van der Waals surface area contributed by atoms with Gasteiger partial charge in [0.1, 0.15) is 11.4 Å². The first kappa shape index (κ1) is 16.1. The monoisotopic (exact) mass is 323 g/mol. The molecule has 3 rings (SSSR count). The molecule has 1 aromatic carbocycles. The quantitative estimate of drug-likeness (QED) is 0.716. The lowest BCUT2D eigenvalue weighted by Gasteiger charge is -2.19. The predicted octanol–water partition coefficient (Wildman–Crippen LogP) is 3.86. The first-order valence-electron chi connectivity index (χ1n) is 8.01. The number of hydrogen-bond acceptors (Lipinski definition) is 3. The standard InChI is InChI=1S/C19H21N3O2/c1-14(2)13-21(3)19(23)17-12-16(18-10-7-11-24-18)20-22(17)15-8-5-4-6-9-15/h4-12,14H,13H2,1-3H3. The van der Waals surface area contributed by atoms with E-state index in [9.17, 15) is 4.79 Å². The van der Waals surface area contributed by atoms with Crippen LogP contribution in [0.3, 0.4) is 0 Å². The molecule has 0 spiro atoms. The van der Waals surface area contributed by atoms with Crippen molar-refractivity contribution in [2.45, 2.75) is 13.8 Å². The zero-order valence-corrected chi connectivity index (χ0v) is 14.1. The molecule has 0 atom stereocenters. The van der Waals surface area contributed by atoms with Crippen molar-refractivity contribution in [1.29, 1.82) is 0 Å². The molecule has 0 saturated carbocycles. The maximum absolute atomic E-state index is 12.9. The van der Waals surface area contributed by atoms with Crippen LogP contribution < -0.4 is 0 Å². The smallest absolute Gasteiger partial charge is 0.272 e. The summed E-state index contributed by atoms with van der Waals surface area (Å²) in [5, 5.41) is 4.58. The molecule has 1 amide bonds. The van der Waals surface area contributed by atoms with E-state index in [0.717, 1.165) is 5.69 Å². The minimum absolute atomic E-state index is 0.0575. The molecule has 0 saturated heterocycles. The molecule has 0 aliphatic rings. The highest BCUT2D eigenvalue weighted by Crippen LogP contribution is 2.23. The van der Waals surface area contributed by atoms with Gasteiger partial charge < -0.3 is 9.32 Å². The molecule has 2 aromatic heterocycles. The summed E-state index contributed by atoms with van der Waals surface area (Å²) in [7, 11) is 1.82. The van der Waals surface area contributed by atoms with E-state index in [1.807, 2.05) is 49.5 Å². The van der Waals surface area contributed by atoms with Crippen LogP contribution in [0, 0.1) is 5.92 Å². The number of nitrogens with zero attached hydrogens (tertiary/aromatic N) is 3. The highest BCUT2D eigenvalue weighted by Gasteiger charge is 2.21. The average molecular weight is 323 g/mol. The molecule has 0 radical (unpaired) electrons. The maximum Gasteiger partial charge on any atom is 0.272 e. The molecule has 5 heteroatoms. The van der Waals surface area contributed by atoms with Crippen molar-refractivity contribution in [3.05, 3.63) is 60.5 Å². The van der Waals surface area contributed by atoms with E-state index in [2.05, 4.69) is 18.9 Å². The molecule has 0 fully saturated rings. The summed E-state index contributed by atoms with van der Waals surface area (Å²) in [5.41, 5.74) is 2.01. The molecule has 0 unspecified atom stereocenters. The van der Waals surface area contributed by atoms with Crippen LogP contribution in [0.1, 0.15) is 24.3 Å². The van der Waals surface area contributed by atoms with E-state index in [1.165, 1.54) is 0 Å². The van der Waals surface area contributed by atoms with E-state index in [4.69, 9.17) is 4.42 Å². The van der Waals surface area contributed by atoms with Gasteiger partial charge in [0.15, 0.2) is 5.76 Å². The van der Waals surface area contributed by atoms with Crippen molar-refractivity contribution in [3.8, 4) is 17.1 Å². The van der Waals surface area contributed by atoms with E-state index < -0.39 is 0 Å². The third-order valence-corrected chi connectivity index (χ3v) is 3.69. The molecule has 3 aromatic rings. The number of amides is 1. The highest BCUT2D eigenvalue weighted by molar-refractivity contribution is 5.94. The van der Waals surface area contributed by atoms with Gasteiger partial charge in [0, 0.05) is 19.7 Å². The number of aromatic nitrogens is 2. The van der Waals surface area contributed by atoms with Crippen LogP contribution in [-0.2, 0) is 0 Å². The van der Waals surface area contributed by atoms with Crippen molar-refractivity contribution in [2.75, 3.05) is 13.6 Å². The molecular formula is C19H21N3O2. The van der Waals surface area contributed by atoms with Gasteiger partial charge in [-0.25, -0.2) is 4.68 Å². The fraction of sp³-hybridized carbons (Fsp3) is 0.263. The van der Waals surface area contributed by atoms with Gasteiger partial charge in [-0.2, -0.15) is 5.10 Å². The van der Waals surface area contributed by atoms with Crippen LogP contribution in [0.4, 0.5) is 0 Å². The van der Waals surface area contributed by atoms with Crippen molar-refractivity contribution < 1.29 is 9.21 Å². The van der Waals surface area contributed by atoms with Crippen LogP contribution in [-0.4, -0.2) is 34.2 Å². The molecule has 24 heavy (non-hydrogen) atoms. The third kappa shape index (κ3) is 3.25. The van der Waals surface area contributed by atoms with Crippen LogP contribution in [0.2, 0.25) is 0 Å². The number of carbonyl (C=O) groups is 1. The number of hydrogen-bond donors (Lipinski definition) is 0. The van der Waals surface area contributed by atoms with E-state index in [-0.39, 0.29) is 5.91 Å². The van der Waals surface area contributed by atoms with E-state index in [1.54, 1.807) is 21.9 Å². The van der Waals surface area contributed by atoms with Gasteiger partial charge in [0.05, 0.1) is 12.0 Å². The number of rotatable bonds is 5. The zero-order chi connectivity index (χ0) is 17.1. The fourth-order valence-corrected chi connectivity index (χ4v) is 2.67. The van der Waals surface area contributed by atoms with Crippen LogP contribution in [0.15, 0.2) is 59.2 Å². The minimum atomic E-state index is -0.0575. The highest BCUT2D eigenvalue weighted by atomic mass is 16.3. The van der Waals surface area contributed by atoms with Crippen molar-refractivity contribution >= 4 is 5.91 Å². The van der Waals surface area contributed by atoms with Crippen LogP contribution in [0.25, 0.3) is 17.1 Å². The minimum Gasteiger partial charge on any atom is -0.463 e. The maximum atomic E-state index is 12.9. The van der Waals surface area contributed by atoms with E-state index >= 15 is 0 Å². The second kappa shape index (κ2) is 6.74. The number of carbonyl (C=O) groups excluding carboxylic acids is 1. The van der Waals surface area contributed by atoms with Crippen molar-refractivity contribution in [3.63, 3.8) is 0 Å². The Hall–Kier alpha value is -2.82. The molecule has 0 aliphatic heterocycles. The third-order valence-electron chi connectivity index (χ3n) is 3.69. The van der Waals surface area contributed by atoms with Crippen LogP contribution >= 0.6 is 0 Å². The van der Waals surface area contributed by atoms with Crippen LogP contribution in [0.5, 0.6) is 0 Å². The van der Waals surface area contributed by atoms with Gasteiger partial charge in [-0.05, 0) is 30.2 Å². The van der Waals surface area contributed by atoms with Crippen molar-refractivity contribution in [2.24, 2.45) is 5.92 Å². The van der Waals surface area contributed by atoms with Gasteiger partial charge in [0.2, 0.25) is 0 Å². The summed E-state index contributed by atoms with van der Waals surface area (Å²) in [5.74, 6) is 0.986. The molecule has 0 bridgehead atoms. The van der Waals surface area contributed by atoms with Gasteiger partial charge >= 0.3 is 0 Å². The number of benzene rings is 1. The van der Waals surface area contributed by atoms with Gasteiger partial charge in [-0.3, -0.25) is 4.79 Å². The number of para-hydroxylation sites is 1. The van der Waals surface area contributed by atoms with Gasteiger partial charge in [0.25, 0.3) is 5.91 Å². The van der Waals surface area contributed by atoms with Gasteiger partial charge in [-0.1, -0.05) is 32.0 Å². The lowest BCUT2D eigenvalue weighted by Crippen LogP contribution is -2.31. The SMILES string of the molecule is CC(C)CN(C)C(=O)c1cc(-c2ccco2)nn1-c1ccccc1. The Morgan fingerprint density at radius 2 is 1.96 bits per heavy atom. The fourth-order valence-electron chi connectivity index (χ4n) is 2.67. The van der Waals surface area contributed by atoms with Crippen molar-refractivity contribution in [1.82, 2.24) is 14.7 Å². The normalized spacial score (nSPS) is 11.0. The Kier molecular flexibility index (Phi) is 4.51.